The van der Waals surface area contributed by atoms with Crippen LogP contribution >= 0.6 is 0 Å². The monoisotopic (exact) mass is 239 g/mol. The van der Waals surface area contributed by atoms with Crippen molar-refractivity contribution in [2.24, 2.45) is 0 Å². The second kappa shape index (κ2) is 3.84. The number of aryl methyl sites for hydroxylation is 2. The molecule has 0 bridgehead atoms. The number of hydrogen-bond acceptors (Lipinski definition) is 2. The van der Waals surface area contributed by atoms with Crippen molar-refractivity contribution in [2.45, 2.75) is 13.8 Å². The highest BCUT2D eigenvalue weighted by molar-refractivity contribution is 5.84. The van der Waals surface area contributed by atoms with E-state index < -0.39 is 0 Å². The number of benzene rings is 1. The molecule has 0 fully saturated rings. The lowest BCUT2D eigenvalue weighted by molar-refractivity contribution is 0.799. The van der Waals surface area contributed by atoms with Gasteiger partial charge >= 0.3 is 0 Å². The molecule has 0 amide bonds. The summed E-state index contributed by atoms with van der Waals surface area (Å²) in [4.78, 5) is 15.4. The van der Waals surface area contributed by atoms with Crippen molar-refractivity contribution in [1.29, 1.82) is 0 Å². The minimum Gasteiger partial charge on any atom is -0.356 e. The van der Waals surface area contributed by atoms with Gasteiger partial charge in [-0.05, 0) is 31.5 Å². The van der Waals surface area contributed by atoms with E-state index in [0.29, 0.717) is 5.52 Å². The maximum atomic E-state index is 12.4. The Kier molecular flexibility index (Phi) is 2.30. The summed E-state index contributed by atoms with van der Waals surface area (Å²) in [6.07, 6.45) is 1.84. The molecular weight excluding hydrogens is 226 g/mol. The van der Waals surface area contributed by atoms with Crippen LogP contribution in [-0.4, -0.2) is 14.8 Å². The number of para-hydroxylation sites is 1. The van der Waals surface area contributed by atoms with Gasteiger partial charge in [0.05, 0.1) is 11.4 Å². The Morgan fingerprint density at radius 3 is 2.61 bits per heavy atom. The molecular formula is C14H13N3O. The topological polar surface area (TPSA) is 50.7 Å². The number of rotatable bonds is 1. The van der Waals surface area contributed by atoms with Crippen LogP contribution in [0.25, 0.3) is 16.6 Å². The molecule has 4 nitrogen and oxygen atoms in total. The van der Waals surface area contributed by atoms with Gasteiger partial charge in [0.25, 0.3) is 5.56 Å². The van der Waals surface area contributed by atoms with Crippen LogP contribution in [0.4, 0.5) is 0 Å². The summed E-state index contributed by atoms with van der Waals surface area (Å²) in [5.74, 6) is 0. The molecule has 0 atom stereocenters. The lowest BCUT2D eigenvalue weighted by Crippen LogP contribution is -2.22. The third kappa shape index (κ3) is 1.46. The SMILES string of the molecule is Cc1c[nH]c2c(=O)n(-c3ccccc3)nc(C)c12. The van der Waals surface area contributed by atoms with Crippen molar-refractivity contribution < 1.29 is 0 Å². The Morgan fingerprint density at radius 2 is 1.89 bits per heavy atom. The number of aromatic amines is 1. The quantitative estimate of drug-likeness (QED) is 0.708. The zero-order valence-corrected chi connectivity index (χ0v) is 10.3. The van der Waals surface area contributed by atoms with E-state index in [-0.39, 0.29) is 5.56 Å². The van der Waals surface area contributed by atoms with Crippen molar-refractivity contribution in [1.82, 2.24) is 14.8 Å². The molecule has 3 rings (SSSR count). The second-order valence-corrected chi connectivity index (χ2v) is 4.36. The fraction of sp³-hybridized carbons (Fsp3) is 0.143. The summed E-state index contributed by atoms with van der Waals surface area (Å²) in [6.45, 7) is 3.89. The molecule has 0 spiro atoms. The standard InChI is InChI=1S/C14H13N3O/c1-9-8-15-13-12(9)10(2)16-17(14(13)18)11-6-4-3-5-7-11/h3-8,15H,1-2H3. The molecule has 18 heavy (non-hydrogen) atoms. The van der Waals surface area contributed by atoms with Crippen LogP contribution in [0, 0.1) is 13.8 Å². The van der Waals surface area contributed by atoms with E-state index in [2.05, 4.69) is 10.1 Å². The van der Waals surface area contributed by atoms with Gasteiger partial charge in [0.1, 0.15) is 5.52 Å². The van der Waals surface area contributed by atoms with Gasteiger partial charge in [-0.25, -0.2) is 0 Å². The van der Waals surface area contributed by atoms with Gasteiger partial charge in [0.2, 0.25) is 0 Å². The Bertz CT molecular complexity index is 769. The van der Waals surface area contributed by atoms with Crippen LogP contribution in [0.3, 0.4) is 0 Å². The zero-order chi connectivity index (χ0) is 12.7. The molecule has 0 aliphatic rings. The highest BCUT2D eigenvalue weighted by Crippen LogP contribution is 2.17. The molecule has 4 heteroatoms. The first-order valence-electron chi connectivity index (χ1n) is 5.81. The maximum absolute atomic E-state index is 12.4. The maximum Gasteiger partial charge on any atom is 0.295 e. The van der Waals surface area contributed by atoms with Crippen LogP contribution in [0.15, 0.2) is 41.3 Å². The minimum absolute atomic E-state index is 0.116. The number of H-pyrrole nitrogens is 1. The highest BCUT2D eigenvalue weighted by Gasteiger charge is 2.12. The molecule has 2 heterocycles. The molecule has 0 unspecified atom stereocenters. The van der Waals surface area contributed by atoms with Crippen LogP contribution < -0.4 is 5.56 Å². The van der Waals surface area contributed by atoms with E-state index in [9.17, 15) is 4.79 Å². The summed E-state index contributed by atoms with van der Waals surface area (Å²) < 4.78 is 1.44. The minimum atomic E-state index is -0.116. The van der Waals surface area contributed by atoms with Gasteiger partial charge in [-0.15, -0.1) is 0 Å². The molecule has 3 aromatic rings. The Morgan fingerprint density at radius 1 is 1.17 bits per heavy atom. The molecule has 1 N–H and O–H groups in total. The first-order chi connectivity index (χ1) is 8.68. The molecule has 0 saturated heterocycles. The summed E-state index contributed by atoms with van der Waals surface area (Å²) in [7, 11) is 0. The van der Waals surface area contributed by atoms with E-state index in [1.807, 2.05) is 50.4 Å². The summed E-state index contributed by atoms with van der Waals surface area (Å²) >= 11 is 0. The van der Waals surface area contributed by atoms with Crippen molar-refractivity contribution in [3.63, 3.8) is 0 Å². The normalized spacial score (nSPS) is 11.0. The first-order valence-corrected chi connectivity index (χ1v) is 5.81. The summed E-state index contributed by atoms with van der Waals surface area (Å²) in [5, 5.41) is 5.31. The van der Waals surface area contributed by atoms with Crippen molar-refractivity contribution in [3.05, 3.63) is 58.1 Å². The third-order valence-electron chi connectivity index (χ3n) is 3.10. The molecule has 90 valence electrons. The van der Waals surface area contributed by atoms with Crippen molar-refractivity contribution in [3.8, 4) is 5.69 Å². The molecule has 2 aromatic heterocycles. The fourth-order valence-corrected chi connectivity index (χ4v) is 2.25. The molecule has 0 aliphatic heterocycles. The van der Waals surface area contributed by atoms with E-state index in [1.54, 1.807) is 0 Å². The molecule has 1 aromatic carbocycles. The summed E-state index contributed by atoms with van der Waals surface area (Å²) in [5.41, 5.74) is 3.18. The predicted molar refractivity (Wildman–Crippen MR) is 71.2 cm³/mol. The fourth-order valence-electron chi connectivity index (χ4n) is 2.25. The predicted octanol–water partition coefficient (Wildman–Crippen LogP) is 2.33. The second-order valence-electron chi connectivity index (χ2n) is 4.36. The van der Waals surface area contributed by atoms with Crippen LogP contribution in [0.2, 0.25) is 0 Å². The highest BCUT2D eigenvalue weighted by atomic mass is 16.1. The third-order valence-corrected chi connectivity index (χ3v) is 3.10. The van der Waals surface area contributed by atoms with Crippen LogP contribution in [-0.2, 0) is 0 Å². The molecule has 0 aliphatic carbocycles. The zero-order valence-electron chi connectivity index (χ0n) is 10.3. The average molecular weight is 239 g/mol. The van der Waals surface area contributed by atoms with Crippen LogP contribution in [0.1, 0.15) is 11.3 Å². The van der Waals surface area contributed by atoms with E-state index in [0.717, 1.165) is 22.3 Å². The number of hydrogen-bond donors (Lipinski definition) is 1. The number of fused-ring (bicyclic) bond motifs is 1. The molecule has 0 saturated carbocycles. The Balaban J connectivity index is 2.40. The number of nitrogens with zero attached hydrogens (tertiary/aromatic N) is 2. The van der Waals surface area contributed by atoms with Crippen LogP contribution in [0.5, 0.6) is 0 Å². The van der Waals surface area contributed by atoms with Gasteiger partial charge < -0.3 is 4.98 Å². The Hall–Kier alpha value is -2.36. The van der Waals surface area contributed by atoms with Gasteiger partial charge in [-0.1, -0.05) is 18.2 Å². The number of nitrogens with one attached hydrogen (secondary N) is 1. The Labute approximate surface area is 104 Å². The van der Waals surface area contributed by atoms with Gasteiger partial charge in [-0.3, -0.25) is 4.79 Å². The lowest BCUT2D eigenvalue weighted by atomic mass is 10.2. The first kappa shape index (κ1) is 10.8. The average Bonchev–Trinajstić information content (AvgIpc) is 2.78. The van der Waals surface area contributed by atoms with E-state index in [4.69, 9.17) is 0 Å². The van der Waals surface area contributed by atoms with Gasteiger partial charge in [-0.2, -0.15) is 9.78 Å². The smallest absolute Gasteiger partial charge is 0.295 e. The largest absolute Gasteiger partial charge is 0.356 e. The van der Waals surface area contributed by atoms with Crippen molar-refractivity contribution in [2.75, 3.05) is 0 Å². The number of aromatic nitrogens is 3. The summed E-state index contributed by atoms with van der Waals surface area (Å²) in [6, 6.07) is 9.44. The van der Waals surface area contributed by atoms with Gasteiger partial charge in [0.15, 0.2) is 0 Å². The molecule has 0 radical (unpaired) electrons. The van der Waals surface area contributed by atoms with Crippen molar-refractivity contribution >= 4 is 10.9 Å². The van der Waals surface area contributed by atoms with Gasteiger partial charge in [0, 0.05) is 11.6 Å². The lowest BCUT2D eigenvalue weighted by Gasteiger charge is -2.06. The van der Waals surface area contributed by atoms with E-state index in [1.165, 1.54) is 4.68 Å². The van der Waals surface area contributed by atoms with E-state index >= 15 is 0 Å².